The summed E-state index contributed by atoms with van der Waals surface area (Å²) in [5, 5.41) is 8.62. The summed E-state index contributed by atoms with van der Waals surface area (Å²) >= 11 is 0. The molecular weight excluding hydrogens is 436 g/mol. The quantitative estimate of drug-likeness (QED) is 0.329. The summed E-state index contributed by atoms with van der Waals surface area (Å²) < 4.78 is 16.5. The third-order valence-corrected chi connectivity index (χ3v) is 5.19. The molecule has 0 unspecified atom stereocenters. The summed E-state index contributed by atoms with van der Waals surface area (Å²) in [7, 11) is 0. The molecule has 5 heterocycles. The first kappa shape index (κ1) is 21.4. The van der Waals surface area contributed by atoms with Gasteiger partial charge in [0.25, 0.3) is 11.6 Å². The molecule has 0 radical (unpaired) electrons. The molecule has 0 saturated heterocycles. The Morgan fingerprint density at radius 1 is 0.941 bits per heavy atom. The van der Waals surface area contributed by atoms with Crippen LogP contribution in [0.25, 0.3) is 33.7 Å². The Balaban J connectivity index is 1.49. The van der Waals surface area contributed by atoms with E-state index in [4.69, 9.17) is 13.8 Å². The molecule has 10 heteroatoms. The van der Waals surface area contributed by atoms with Crippen molar-refractivity contribution < 1.29 is 18.6 Å². The van der Waals surface area contributed by atoms with E-state index in [9.17, 15) is 4.79 Å². The van der Waals surface area contributed by atoms with Crippen molar-refractivity contribution in [2.24, 2.45) is 0 Å². The summed E-state index contributed by atoms with van der Waals surface area (Å²) in [6.45, 7) is 5.58. The first-order valence-electron chi connectivity index (χ1n) is 10.7. The summed E-state index contributed by atoms with van der Waals surface area (Å²) in [6, 6.07) is 8.87. The van der Waals surface area contributed by atoms with Gasteiger partial charge >= 0.3 is 5.97 Å². The van der Waals surface area contributed by atoms with Gasteiger partial charge in [0.05, 0.1) is 22.3 Å². The van der Waals surface area contributed by atoms with E-state index in [1.807, 2.05) is 26.0 Å². The fourth-order valence-corrected chi connectivity index (χ4v) is 3.48. The first-order valence-corrected chi connectivity index (χ1v) is 10.7. The van der Waals surface area contributed by atoms with Crippen LogP contribution < -0.4 is 0 Å². The highest BCUT2D eigenvalue weighted by molar-refractivity contribution is 6.04. The molecular formula is C24H20N6O4. The number of carbonyl (C=O) groups is 1. The zero-order valence-electron chi connectivity index (χ0n) is 18.7. The number of rotatable bonds is 6. The highest BCUT2D eigenvalue weighted by Crippen LogP contribution is 2.32. The Bertz CT molecular complexity index is 1450. The highest BCUT2D eigenvalue weighted by Gasteiger charge is 2.26. The third kappa shape index (κ3) is 4.01. The summed E-state index contributed by atoms with van der Waals surface area (Å²) in [5.41, 5.74) is 3.10. The number of hydrogen-bond acceptors (Lipinski definition) is 10. The van der Waals surface area contributed by atoms with Gasteiger partial charge in [-0.25, -0.2) is 9.78 Å². The molecule has 170 valence electrons. The molecule has 0 aliphatic heterocycles. The van der Waals surface area contributed by atoms with E-state index >= 15 is 0 Å². The van der Waals surface area contributed by atoms with Crippen LogP contribution in [0.2, 0.25) is 0 Å². The molecule has 0 fully saturated rings. The van der Waals surface area contributed by atoms with Crippen molar-refractivity contribution in [2.75, 3.05) is 0 Å². The lowest BCUT2D eigenvalue weighted by atomic mass is 10.0. The average molecular weight is 456 g/mol. The second-order valence-corrected chi connectivity index (χ2v) is 7.94. The van der Waals surface area contributed by atoms with Crippen LogP contribution >= 0.6 is 0 Å². The van der Waals surface area contributed by atoms with E-state index in [0.717, 1.165) is 5.56 Å². The van der Waals surface area contributed by atoms with Crippen molar-refractivity contribution in [3.05, 3.63) is 72.3 Å². The molecule has 1 atom stereocenters. The van der Waals surface area contributed by atoms with Gasteiger partial charge in [-0.1, -0.05) is 24.2 Å². The van der Waals surface area contributed by atoms with Crippen LogP contribution in [0.3, 0.4) is 0 Å². The van der Waals surface area contributed by atoms with E-state index in [1.54, 1.807) is 49.9 Å². The van der Waals surface area contributed by atoms with Gasteiger partial charge in [0.2, 0.25) is 5.82 Å². The number of ether oxygens (including phenoxy) is 1. The minimum absolute atomic E-state index is 0.00856. The van der Waals surface area contributed by atoms with Gasteiger partial charge in [0.15, 0.2) is 6.10 Å². The molecule has 0 N–H and O–H groups in total. The number of hydrogen-bond donors (Lipinski definition) is 0. The summed E-state index contributed by atoms with van der Waals surface area (Å²) in [6.07, 6.45) is 5.80. The Morgan fingerprint density at radius 2 is 1.68 bits per heavy atom. The topological polar surface area (TPSA) is 130 Å². The summed E-state index contributed by atoms with van der Waals surface area (Å²) in [5.74, 6) is -0.0535. The molecule has 0 spiro atoms. The molecule has 0 bridgehead atoms. The number of aromatic nitrogens is 6. The maximum absolute atomic E-state index is 13.3. The Kier molecular flexibility index (Phi) is 5.54. The normalized spacial score (nSPS) is 12.2. The molecule has 0 saturated carbocycles. The van der Waals surface area contributed by atoms with Crippen LogP contribution in [0.15, 0.2) is 64.2 Å². The van der Waals surface area contributed by atoms with Crippen molar-refractivity contribution in [1.29, 1.82) is 0 Å². The number of nitrogens with zero attached hydrogens (tertiary/aromatic N) is 6. The Labute approximate surface area is 194 Å². The van der Waals surface area contributed by atoms with Crippen molar-refractivity contribution in [3.63, 3.8) is 0 Å². The lowest BCUT2D eigenvalue weighted by Crippen LogP contribution is -2.11. The van der Waals surface area contributed by atoms with Gasteiger partial charge in [-0.05, 0) is 43.2 Å². The fourth-order valence-electron chi connectivity index (χ4n) is 3.48. The van der Waals surface area contributed by atoms with Gasteiger partial charge in [-0.3, -0.25) is 9.97 Å². The maximum Gasteiger partial charge on any atom is 0.339 e. The SMILES string of the molecule is CC(C)c1noc2nc(-c3cccnc3)cc(C(=O)O[C@@H](C)c3nc(-c4cccnc4)no3)c12. The number of carbonyl (C=O) groups excluding carboxylic acids is 1. The lowest BCUT2D eigenvalue weighted by molar-refractivity contribution is 0.0267. The van der Waals surface area contributed by atoms with Crippen LogP contribution in [0, 0.1) is 0 Å². The van der Waals surface area contributed by atoms with E-state index in [1.165, 1.54) is 0 Å². The van der Waals surface area contributed by atoms with Gasteiger partial charge < -0.3 is 13.8 Å². The van der Waals surface area contributed by atoms with Gasteiger partial charge in [-0.15, -0.1) is 0 Å². The predicted molar refractivity (Wildman–Crippen MR) is 120 cm³/mol. The highest BCUT2D eigenvalue weighted by atomic mass is 16.6. The fraction of sp³-hybridized carbons (Fsp3) is 0.208. The van der Waals surface area contributed by atoms with Crippen molar-refractivity contribution in [3.8, 4) is 22.6 Å². The van der Waals surface area contributed by atoms with Crippen LogP contribution in [-0.2, 0) is 4.74 Å². The Hall–Kier alpha value is -4.47. The lowest BCUT2D eigenvalue weighted by Gasteiger charge is -2.11. The molecule has 0 aliphatic carbocycles. The predicted octanol–water partition coefficient (Wildman–Crippen LogP) is 4.77. The molecule has 0 aliphatic rings. The molecule has 34 heavy (non-hydrogen) atoms. The third-order valence-electron chi connectivity index (χ3n) is 5.19. The van der Waals surface area contributed by atoms with Crippen molar-refractivity contribution in [2.45, 2.75) is 32.8 Å². The van der Waals surface area contributed by atoms with E-state index in [2.05, 4.69) is 30.2 Å². The monoisotopic (exact) mass is 456 g/mol. The number of esters is 1. The van der Waals surface area contributed by atoms with Gasteiger partial charge in [0.1, 0.15) is 0 Å². The second kappa shape index (κ2) is 8.81. The largest absolute Gasteiger partial charge is 0.449 e. The maximum atomic E-state index is 13.3. The number of fused-ring (bicyclic) bond motifs is 1. The average Bonchev–Trinajstić information content (AvgIpc) is 3.52. The minimum Gasteiger partial charge on any atom is -0.449 e. The zero-order valence-corrected chi connectivity index (χ0v) is 18.7. The van der Waals surface area contributed by atoms with Crippen molar-refractivity contribution >= 4 is 17.1 Å². The van der Waals surface area contributed by atoms with E-state index in [0.29, 0.717) is 28.2 Å². The van der Waals surface area contributed by atoms with Crippen molar-refractivity contribution in [1.82, 2.24) is 30.2 Å². The molecule has 5 aromatic heterocycles. The summed E-state index contributed by atoms with van der Waals surface area (Å²) in [4.78, 5) is 30.4. The smallest absolute Gasteiger partial charge is 0.339 e. The Morgan fingerprint density at radius 3 is 2.35 bits per heavy atom. The molecule has 10 nitrogen and oxygen atoms in total. The van der Waals surface area contributed by atoms with Crippen LogP contribution in [-0.4, -0.2) is 36.2 Å². The van der Waals surface area contributed by atoms with Crippen LogP contribution in [0.4, 0.5) is 0 Å². The first-order chi connectivity index (χ1) is 16.5. The second-order valence-electron chi connectivity index (χ2n) is 7.94. The molecule has 0 amide bonds. The molecule has 5 rings (SSSR count). The van der Waals surface area contributed by atoms with Crippen LogP contribution in [0.1, 0.15) is 54.7 Å². The number of pyridine rings is 3. The molecule has 5 aromatic rings. The standard InChI is InChI=1S/C24H20N6O4/c1-13(2)20-19-17(10-18(27-23(19)34-29-20)15-6-4-8-25-11-15)24(31)32-14(3)22-28-21(30-33-22)16-7-5-9-26-12-16/h4-14H,1-3H3/t14-/m0/s1. The van der Waals surface area contributed by atoms with E-state index in [-0.39, 0.29) is 23.1 Å². The van der Waals surface area contributed by atoms with Gasteiger partial charge in [-0.2, -0.15) is 4.98 Å². The van der Waals surface area contributed by atoms with Crippen LogP contribution in [0.5, 0.6) is 0 Å². The molecule has 0 aromatic carbocycles. The zero-order chi connectivity index (χ0) is 23.7. The van der Waals surface area contributed by atoms with E-state index < -0.39 is 12.1 Å². The van der Waals surface area contributed by atoms with Gasteiger partial charge in [0, 0.05) is 35.9 Å². The minimum atomic E-state index is -0.794.